The van der Waals surface area contributed by atoms with E-state index in [2.05, 4.69) is 10.6 Å². The van der Waals surface area contributed by atoms with Crippen molar-refractivity contribution in [3.63, 3.8) is 0 Å². The lowest BCUT2D eigenvalue weighted by atomic mass is 10.0. The predicted molar refractivity (Wildman–Crippen MR) is 82.0 cm³/mol. The van der Waals surface area contributed by atoms with Gasteiger partial charge in [0.2, 0.25) is 5.91 Å². The molecule has 0 radical (unpaired) electrons. The fourth-order valence-electron chi connectivity index (χ4n) is 2.66. The van der Waals surface area contributed by atoms with Gasteiger partial charge in [0, 0.05) is 13.1 Å². The Morgan fingerprint density at radius 3 is 3.05 bits per heavy atom. The number of fused-ring (bicyclic) bond motifs is 1. The lowest BCUT2D eigenvalue weighted by Crippen LogP contribution is -2.46. The highest BCUT2D eigenvalue weighted by Crippen LogP contribution is 2.23. The maximum absolute atomic E-state index is 12.0. The molecule has 2 aliphatic rings. The van der Waals surface area contributed by atoms with Crippen molar-refractivity contribution in [1.82, 2.24) is 10.6 Å². The van der Waals surface area contributed by atoms with Crippen LogP contribution in [0, 0.1) is 0 Å². The molecule has 2 heterocycles. The molecule has 2 aliphatic heterocycles. The van der Waals surface area contributed by atoms with Crippen molar-refractivity contribution in [3.05, 3.63) is 29.8 Å². The fourth-order valence-corrected chi connectivity index (χ4v) is 2.66. The molecule has 21 heavy (non-hydrogen) atoms. The number of hydrogen-bond acceptors (Lipinski definition) is 4. The summed E-state index contributed by atoms with van der Waals surface area (Å²) in [5, 5.41) is 6.26. The SMILES string of the molecule is Cl.O=C(CC1CNCCO1)NC1COc2ccccc2C1. The van der Waals surface area contributed by atoms with Crippen molar-refractivity contribution in [1.29, 1.82) is 0 Å². The molecule has 1 saturated heterocycles. The van der Waals surface area contributed by atoms with Crippen LogP contribution >= 0.6 is 12.4 Å². The number of hydrogen-bond donors (Lipinski definition) is 2. The minimum atomic E-state index is -0.0134. The fraction of sp³-hybridized carbons (Fsp3) is 0.533. The Morgan fingerprint density at radius 2 is 2.24 bits per heavy atom. The first-order valence-corrected chi connectivity index (χ1v) is 7.13. The molecule has 1 amide bonds. The third-order valence-corrected chi connectivity index (χ3v) is 3.66. The number of ether oxygens (including phenoxy) is 2. The molecule has 0 bridgehead atoms. The normalized spacial score (nSPS) is 24.2. The van der Waals surface area contributed by atoms with E-state index in [4.69, 9.17) is 9.47 Å². The summed E-state index contributed by atoms with van der Waals surface area (Å²) in [6, 6.07) is 8.02. The van der Waals surface area contributed by atoms with Gasteiger partial charge in [-0.2, -0.15) is 0 Å². The Bertz CT molecular complexity index is 478. The average molecular weight is 313 g/mol. The topological polar surface area (TPSA) is 59.6 Å². The lowest BCUT2D eigenvalue weighted by molar-refractivity contribution is -0.125. The number of carbonyl (C=O) groups is 1. The molecule has 6 heteroatoms. The van der Waals surface area contributed by atoms with Gasteiger partial charge < -0.3 is 20.1 Å². The minimum absolute atomic E-state index is 0. The van der Waals surface area contributed by atoms with Crippen molar-refractivity contribution in [2.24, 2.45) is 0 Å². The molecule has 116 valence electrons. The van der Waals surface area contributed by atoms with Crippen LogP contribution in [0.5, 0.6) is 5.75 Å². The zero-order valence-corrected chi connectivity index (χ0v) is 12.7. The summed E-state index contributed by atoms with van der Waals surface area (Å²) in [5.74, 6) is 0.962. The number of benzene rings is 1. The van der Waals surface area contributed by atoms with E-state index in [9.17, 15) is 4.79 Å². The first-order valence-electron chi connectivity index (χ1n) is 7.13. The van der Waals surface area contributed by atoms with Crippen molar-refractivity contribution < 1.29 is 14.3 Å². The molecule has 0 spiro atoms. The molecular formula is C15H21ClN2O3. The summed E-state index contributed by atoms with van der Waals surface area (Å²) in [6.07, 6.45) is 1.22. The molecule has 1 aromatic rings. The van der Waals surface area contributed by atoms with Gasteiger partial charge in [-0.15, -0.1) is 12.4 Å². The minimum Gasteiger partial charge on any atom is -0.491 e. The number of para-hydroxylation sites is 1. The maximum Gasteiger partial charge on any atom is 0.223 e. The van der Waals surface area contributed by atoms with Gasteiger partial charge in [0.1, 0.15) is 12.4 Å². The third kappa shape index (κ3) is 4.33. The summed E-state index contributed by atoms with van der Waals surface area (Å²) in [6.45, 7) is 2.83. The van der Waals surface area contributed by atoms with E-state index in [0.29, 0.717) is 19.6 Å². The Labute approximate surface area is 130 Å². The van der Waals surface area contributed by atoms with Crippen molar-refractivity contribution in [2.75, 3.05) is 26.3 Å². The average Bonchev–Trinajstić information content (AvgIpc) is 2.48. The van der Waals surface area contributed by atoms with E-state index in [0.717, 1.165) is 30.8 Å². The first kappa shape index (κ1) is 16.1. The Morgan fingerprint density at radius 1 is 1.38 bits per heavy atom. The standard InChI is InChI=1S/C15H20N2O3.ClH/c18-15(8-13-9-16-5-6-19-13)17-12-7-11-3-1-2-4-14(11)20-10-12;/h1-4,12-13,16H,5-10H2,(H,17,18);1H. The van der Waals surface area contributed by atoms with E-state index < -0.39 is 0 Å². The van der Waals surface area contributed by atoms with Crippen molar-refractivity contribution in [2.45, 2.75) is 25.0 Å². The molecule has 1 aromatic carbocycles. The summed E-state index contributed by atoms with van der Waals surface area (Å²) in [4.78, 5) is 12.0. The van der Waals surface area contributed by atoms with Gasteiger partial charge in [-0.1, -0.05) is 18.2 Å². The van der Waals surface area contributed by atoms with E-state index in [1.54, 1.807) is 0 Å². The number of carbonyl (C=O) groups excluding carboxylic acids is 1. The van der Waals surface area contributed by atoms with Crippen molar-refractivity contribution >= 4 is 18.3 Å². The number of morpholine rings is 1. The van der Waals surface area contributed by atoms with Crippen LogP contribution in [0.2, 0.25) is 0 Å². The van der Waals surface area contributed by atoms with E-state index in [1.165, 1.54) is 0 Å². The van der Waals surface area contributed by atoms with Crippen LogP contribution in [0.1, 0.15) is 12.0 Å². The molecule has 0 aliphatic carbocycles. The van der Waals surface area contributed by atoms with E-state index in [1.807, 2.05) is 24.3 Å². The van der Waals surface area contributed by atoms with Crippen LogP contribution < -0.4 is 15.4 Å². The maximum atomic E-state index is 12.0. The Balaban J connectivity index is 0.00000161. The van der Waals surface area contributed by atoms with Gasteiger partial charge in [-0.05, 0) is 18.1 Å². The third-order valence-electron chi connectivity index (χ3n) is 3.66. The highest BCUT2D eigenvalue weighted by atomic mass is 35.5. The highest BCUT2D eigenvalue weighted by Gasteiger charge is 2.23. The smallest absolute Gasteiger partial charge is 0.223 e. The van der Waals surface area contributed by atoms with Gasteiger partial charge in [0.25, 0.3) is 0 Å². The summed E-state index contributed by atoms with van der Waals surface area (Å²) in [5.41, 5.74) is 1.15. The van der Waals surface area contributed by atoms with E-state index >= 15 is 0 Å². The first-order chi connectivity index (χ1) is 9.81. The molecule has 1 fully saturated rings. The second-order valence-electron chi connectivity index (χ2n) is 5.29. The summed E-state index contributed by atoms with van der Waals surface area (Å²) < 4.78 is 11.2. The number of halogens is 1. The largest absolute Gasteiger partial charge is 0.491 e. The van der Waals surface area contributed by atoms with Crippen LogP contribution in [0.4, 0.5) is 0 Å². The zero-order chi connectivity index (χ0) is 13.8. The Kier molecular flexibility index (Phi) is 5.85. The van der Waals surface area contributed by atoms with Gasteiger partial charge in [0.15, 0.2) is 0 Å². The lowest BCUT2D eigenvalue weighted by Gasteiger charge is -2.27. The number of rotatable bonds is 3. The van der Waals surface area contributed by atoms with Gasteiger partial charge >= 0.3 is 0 Å². The molecule has 3 rings (SSSR count). The van der Waals surface area contributed by atoms with Crippen LogP contribution in [0.3, 0.4) is 0 Å². The van der Waals surface area contributed by atoms with Gasteiger partial charge in [-0.3, -0.25) is 4.79 Å². The van der Waals surface area contributed by atoms with Crippen LogP contribution in [0.15, 0.2) is 24.3 Å². The predicted octanol–water partition coefficient (Wildman–Crippen LogP) is 0.907. The second-order valence-corrected chi connectivity index (χ2v) is 5.29. The molecule has 2 atom stereocenters. The summed E-state index contributed by atoms with van der Waals surface area (Å²) >= 11 is 0. The molecule has 2 N–H and O–H groups in total. The van der Waals surface area contributed by atoms with Crippen LogP contribution in [0.25, 0.3) is 0 Å². The van der Waals surface area contributed by atoms with Crippen LogP contribution in [-0.2, 0) is 16.0 Å². The number of amides is 1. The van der Waals surface area contributed by atoms with Gasteiger partial charge in [0.05, 0.1) is 25.2 Å². The molecule has 2 unspecified atom stereocenters. The molecular weight excluding hydrogens is 292 g/mol. The zero-order valence-electron chi connectivity index (χ0n) is 11.8. The molecule has 0 aromatic heterocycles. The second kappa shape index (κ2) is 7.64. The van der Waals surface area contributed by atoms with Gasteiger partial charge in [-0.25, -0.2) is 0 Å². The van der Waals surface area contributed by atoms with Crippen molar-refractivity contribution in [3.8, 4) is 5.75 Å². The summed E-state index contributed by atoms with van der Waals surface area (Å²) in [7, 11) is 0. The van der Waals surface area contributed by atoms with E-state index in [-0.39, 0.29) is 30.5 Å². The Hall–Kier alpha value is -1.30. The monoisotopic (exact) mass is 312 g/mol. The molecule has 0 saturated carbocycles. The number of nitrogens with one attached hydrogen (secondary N) is 2. The highest BCUT2D eigenvalue weighted by molar-refractivity contribution is 5.85. The quantitative estimate of drug-likeness (QED) is 0.871. The molecule has 5 nitrogen and oxygen atoms in total. The van der Waals surface area contributed by atoms with Crippen LogP contribution in [-0.4, -0.2) is 44.4 Å².